The van der Waals surface area contributed by atoms with E-state index >= 15 is 0 Å². The monoisotopic (exact) mass is 264 g/mol. The number of amides is 3. The first-order valence-electron chi connectivity index (χ1n) is 5.98. The molecule has 2 aliphatic rings. The number of hydrogen-bond acceptors (Lipinski definition) is 4. The van der Waals surface area contributed by atoms with Crippen molar-refractivity contribution < 1.29 is 14.2 Å². The van der Waals surface area contributed by atoms with Gasteiger partial charge >= 0.3 is 12.0 Å². The highest BCUT2D eigenvalue weighted by molar-refractivity contribution is 6.22. The quantitative estimate of drug-likeness (QED) is 0.538. The van der Waals surface area contributed by atoms with Crippen LogP contribution in [0.15, 0.2) is 17.1 Å². The molecular weight excluding hydrogens is 246 g/mol. The first-order valence-corrected chi connectivity index (χ1v) is 5.98. The molecule has 1 N–H and O–H groups in total. The summed E-state index contributed by atoms with van der Waals surface area (Å²) in [5.41, 5.74) is 0.916. The van der Waals surface area contributed by atoms with Crippen molar-refractivity contribution in [1.29, 1.82) is 0 Å². The minimum Gasteiger partial charge on any atom is -0.277 e. The maximum atomic E-state index is 12.3. The summed E-state index contributed by atoms with van der Waals surface area (Å²) in [6.07, 6.45) is 0. The number of aliphatic imine (C=N–C) groups is 1. The number of nitrogens with zero attached hydrogens (tertiary/aromatic N) is 4. The van der Waals surface area contributed by atoms with Gasteiger partial charge in [0, 0.05) is 14.1 Å². The molecular formula is C12H18N5O2+. The Morgan fingerprint density at radius 2 is 2.05 bits per heavy atom. The van der Waals surface area contributed by atoms with Crippen LogP contribution in [0.3, 0.4) is 0 Å². The lowest BCUT2D eigenvalue weighted by molar-refractivity contribution is -0.529. The van der Waals surface area contributed by atoms with Gasteiger partial charge in [-0.3, -0.25) is 19.9 Å². The Morgan fingerprint density at radius 1 is 1.42 bits per heavy atom. The molecule has 0 aliphatic carbocycles. The smallest absolute Gasteiger partial charge is 0.277 e. The van der Waals surface area contributed by atoms with Crippen molar-refractivity contribution >= 4 is 23.7 Å². The third-order valence-electron chi connectivity index (χ3n) is 3.19. The van der Waals surface area contributed by atoms with Crippen LogP contribution < -0.4 is 5.32 Å². The molecule has 0 bridgehead atoms. The van der Waals surface area contributed by atoms with Gasteiger partial charge in [0.25, 0.3) is 5.91 Å². The van der Waals surface area contributed by atoms with Crippen LogP contribution in [0.1, 0.15) is 6.92 Å². The highest BCUT2D eigenvalue weighted by atomic mass is 16.2. The Morgan fingerprint density at radius 3 is 2.58 bits per heavy atom. The SMILES string of the molecule is C=C(C)C[N+]1=C(NC)N=C2C1C(=O)N(C)C(=O)N2C. The van der Waals surface area contributed by atoms with Crippen LogP contribution in [0, 0.1) is 0 Å². The molecule has 0 aromatic carbocycles. The van der Waals surface area contributed by atoms with Crippen LogP contribution in [0.4, 0.5) is 4.79 Å². The first kappa shape index (κ1) is 13.3. The number of carbonyl (C=O) groups is 2. The van der Waals surface area contributed by atoms with Crippen LogP contribution in [0.25, 0.3) is 0 Å². The van der Waals surface area contributed by atoms with E-state index in [1.54, 1.807) is 14.1 Å². The molecule has 0 aromatic heterocycles. The predicted molar refractivity (Wildman–Crippen MR) is 71.2 cm³/mol. The summed E-state index contributed by atoms with van der Waals surface area (Å²) >= 11 is 0. The average Bonchev–Trinajstić information content (AvgIpc) is 2.71. The van der Waals surface area contributed by atoms with E-state index in [2.05, 4.69) is 16.9 Å². The minimum atomic E-state index is -0.563. The summed E-state index contributed by atoms with van der Waals surface area (Å²) in [6.45, 7) is 6.26. The molecule has 0 radical (unpaired) electrons. The highest BCUT2D eigenvalue weighted by Crippen LogP contribution is 2.18. The summed E-state index contributed by atoms with van der Waals surface area (Å²) in [7, 11) is 4.83. The highest BCUT2D eigenvalue weighted by Gasteiger charge is 2.50. The van der Waals surface area contributed by atoms with E-state index in [1.165, 1.54) is 11.9 Å². The summed E-state index contributed by atoms with van der Waals surface area (Å²) in [5, 5.41) is 2.95. The van der Waals surface area contributed by atoms with Crippen molar-refractivity contribution in [2.24, 2.45) is 4.99 Å². The number of amidine groups is 1. The number of nitrogens with one attached hydrogen (secondary N) is 1. The Kier molecular flexibility index (Phi) is 3.13. The van der Waals surface area contributed by atoms with E-state index < -0.39 is 6.04 Å². The van der Waals surface area contributed by atoms with E-state index in [1.807, 2.05) is 11.5 Å². The molecule has 7 nitrogen and oxygen atoms in total. The molecule has 3 amide bonds. The first-order chi connectivity index (χ1) is 8.88. The largest absolute Gasteiger partial charge is 0.390 e. The molecule has 1 fully saturated rings. The lowest BCUT2D eigenvalue weighted by Crippen LogP contribution is -2.61. The second kappa shape index (κ2) is 4.49. The molecule has 2 heterocycles. The second-order valence-corrected chi connectivity index (χ2v) is 4.77. The van der Waals surface area contributed by atoms with Crippen molar-refractivity contribution in [2.45, 2.75) is 13.0 Å². The van der Waals surface area contributed by atoms with Gasteiger partial charge in [0.15, 0.2) is 0 Å². The third-order valence-corrected chi connectivity index (χ3v) is 3.19. The van der Waals surface area contributed by atoms with E-state index in [-0.39, 0.29) is 11.9 Å². The average molecular weight is 264 g/mol. The van der Waals surface area contributed by atoms with Gasteiger partial charge in [0.1, 0.15) is 0 Å². The number of imide groups is 1. The Hall–Kier alpha value is -2.18. The number of guanidine groups is 1. The standard InChI is InChI=1S/C12H17N5O2/c1-7(2)6-17-8-9(14-11(17)13-3)15(4)12(19)16(5)10(8)18/h8H,1,6H2,2-5H3/p+1. The molecule has 1 atom stereocenters. The molecule has 2 aliphatic heterocycles. The molecule has 0 saturated carbocycles. The molecule has 2 rings (SSSR count). The number of fused-ring (bicyclic) bond motifs is 1. The van der Waals surface area contributed by atoms with Crippen molar-refractivity contribution in [2.75, 3.05) is 27.7 Å². The summed E-state index contributed by atoms with van der Waals surface area (Å²) in [6, 6.07) is -0.931. The zero-order valence-electron chi connectivity index (χ0n) is 11.6. The Labute approximate surface area is 111 Å². The van der Waals surface area contributed by atoms with E-state index in [0.717, 1.165) is 10.5 Å². The lowest BCUT2D eigenvalue weighted by Gasteiger charge is -2.31. The van der Waals surface area contributed by atoms with Crippen LogP contribution >= 0.6 is 0 Å². The third kappa shape index (κ3) is 1.91. The zero-order chi connectivity index (χ0) is 14.3. The van der Waals surface area contributed by atoms with Gasteiger partial charge in [-0.2, -0.15) is 0 Å². The number of carbonyl (C=O) groups excluding carboxylic acids is 2. The van der Waals surface area contributed by atoms with Gasteiger partial charge in [0.05, 0.1) is 13.6 Å². The fourth-order valence-electron chi connectivity index (χ4n) is 2.25. The molecule has 0 spiro atoms. The van der Waals surface area contributed by atoms with Crippen molar-refractivity contribution in [3.63, 3.8) is 0 Å². The van der Waals surface area contributed by atoms with E-state index in [0.29, 0.717) is 18.3 Å². The maximum Gasteiger partial charge on any atom is 0.390 e. The van der Waals surface area contributed by atoms with Crippen LogP contribution in [0.5, 0.6) is 0 Å². The normalized spacial score (nSPS) is 22.7. The molecule has 7 heteroatoms. The van der Waals surface area contributed by atoms with Gasteiger partial charge in [-0.05, 0) is 12.5 Å². The van der Waals surface area contributed by atoms with Gasteiger partial charge in [0.2, 0.25) is 11.9 Å². The fraction of sp³-hybridized carbons (Fsp3) is 0.500. The van der Waals surface area contributed by atoms with E-state index in [9.17, 15) is 9.59 Å². The number of likely N-dealkylation sites (N-methyl/N-ethyl adjacent to an activating group) is 2. The number of rotatable bonds is 2. The second-order valence-electron chi connectivity index (χ2n) is 4.77. The fourth-order valence-corrected chi connectivity index (χ4v) is 2.25. The van der Waals surface area contributed by atoms with Crippen LogP contribution in [-0.2, 0) is 4.79 Å². The van der Waals surface area contributed by atoms with Crippen LogP contribution in [0.2, 0.25) is 0 Å². The van der Waals surface area contributed by atoms with Gasteiger partial charge in [-0.15, -0.1) is 0 Å². The number of urea groups is 1. The molecule has 1 unspecified atom stereocenters. The lowest BCUT2D eigenvalue weighted by atomic mass is 10.1. The molecule has 102 valence electrons. The topological polar surface area (TPSA) is 68.0 Å². The van der Waals surface area contributed by atoms with Crippen LogP contribution in [-0.4, -0.2) is 71.8 Å². The predicted octanol–water partition coefficient (Wildman–Crippen LogP) is -0.545. The summed E-state index contributed by atoms with van der Waals surface area (Å²) in [4.78, 5) is 31.1. The summed E-state index contributed by atoms with van der Waals surface area (Å²) < 4.78 is 1.82. The van der Waals surface area contributed by atoms with Crippen molar-refractivity contribution in [3.05, 3.63) is 12.2 Å². The van der Waals surface area contributed by atoms with E-state index in [4.69, 9.17) is 0 Å². The maximum absolute atomic E-state index is 12.3. The van der Waals surface area contributed by atoms with Gasteiger partial charge < -0.3 is 0 Å². The Balaban J connectivity index is 2.46. The Bertz CT molecular complexity index is 534. The zero-order valence-corrected chi connectivity index (χ0v) is 11.6. The van der Waals surface area contributed by atoms with Crippen molar-refractivity contribution in [3.8, 4) is 0 Å². The number of hydrogen-bond donors (Lipinski definition) is 1. The molecule has 1 saturated heterocycles. The molecule has 0 aromatic rings. The minimum absolute atomic E-state index is 0.270. The van der Waals surface area contributed by atoms with Crippen molar-refractivity contribution in [1.82, 2.24) is 15.1 Å². The summed E-state index contributed by atoms with van der Waals surface area (Å²) in [5.74, 6) is 0.762. The van der Waals surface area contributed by atoms with Gasteiger partial charge in [-0.1, -0.05) is 11.6 Å². The van der Waals surface area contributed by atoms with Gasteiger partial charge in [-0.25, -0.2) is 9.37 Å². The molecule has 19 heavy (non-hydrogen) atoms.